The van der Waals surface area contributed by atoms with Crippen LogP contribution in [-0.4, -0.2) is 81.7 Å². The van der Waals surface area contributed by atoms with Crippen LogP contribution in [-0.2, 0) is 10.0 Å². The van der Waals surface area contributed by atoms with Crippen LogP contribution < -0.4 is 10.6 Å². The van der Waals surface area contributed by atoms with E-state index in [0.717, 1.165) is 31.3 Å². The maximum Gasteiger partial charge on any atom is 0.213 e. The van der Waals surface area contributed by atoms with Crippen molar-refractivity contribution in [3.63, 3.8) is 0 Å². The van der Waals surface area contributed by atoms with Gasteiger partial charge in [0.1, 0.15) is 0 Å². The van der Waals surface area contributed by atoms with Gasteiger partial charge >= 0.3 is 0 Å². The molecule has 9 heteroatoms. The molecule has 0 atom stereocenters. The molecule has 0 radical (unpaired) electrons. The molecule has 2 rings (SSSR count). The molecular weight excluding hydrogens is 477 g/mol. The Morgan fingerprint density at radius 1 is 1.07 bits per heavy atom. The number of nitrogens with zero attached hydrogens (tertiary/aromatic N) is 3. The smallest absolute Gasteiger partial charge is 0.213 e. The molecule has 2 fully saturated rings. The normalized spacial score (nSPS) is 21.7. The molecule has 0 aromatic rings. The second-order valence-corrected chi connectivity index (χ2v) is 9.64. The number of nitrogens with one attached hydrogen (secondary N) is 2. The molecule has 2 saturated heterocycles. The fourth-order valence-corrected chi connectivity index (χ4v) is 4.97. The fraction of sp³-hybridized carbons (Fsp3) is 0.944. The number of halogens is 1. The van der Waals surface area contributed by atoms with E-state index < -0.39 is 10.0 Å². The van der Waals surface area contributed by atoms with Crippen LogP contribution in [0.4, 0.5) is 0 Å². The van der Waals surface area contributed by atoms with Crippen LogP contribution in [0.25, 0.3) is 0 Å². The number of rotatable bonds is 7. The number of aliphatic imine (C=N–C) groups is 1. The van der Waals surface area contributed by atoms with E-state index in [-0.39, 0.29) is 35.8 Å². The van der Waals surface area contributed by atoms with Gasteiger partial charge in [-0.25, -0.2) is 12.7 Å². The molecule has 0 saturated carbocycles. The summed E-state index contributed by atoms with van der Waals surface area (Å²) >= 11 is 0. The van der Waals surface area contributed by atoms with E-state index >= 15 is 0 Å². The van der Waals surface area contributed by atoms with Gasteiger partial charge in [0.15, 0.2) is 5.96 Å². The molecule has 0 unspecified atom stereocenters. The van der Waals surface area contributed by atoms with Crippen LogP contribution in [0.3, 0.4) is 0 Å². The van der Waals surface area contributed by atoms with Crippen LogP contribution in [0.15, 0.2) is 4.99 Å². The lowest BCUT2D eigenvalue weighted by atomic mass is 9.93. The van der Waals surface area contributed by atoms with Crippen LogP contribution in [0.1, 0.15) is 46.0 Å². The molecule has 27 heavy (non-hydrogen) atoms. The molecule has 0 aromatic heterocycles. The first-order valence-electron chi connectivity index (χ1n) is 10.2. The highest BCUT2D eigenvalue weighted by atomic mass is 127. The summed E-state index contributed by atoms with van der Waals surface area (Å²) in [5.74, 6) is 1.84. The Balaban J connectivity index is 0.00000364. The third-order valence-corrected chi connectivity index (χ3v) is 7.66. The fourth-order valence-electron chi connectivity index (χ4n) is 3.83. The number of piperidine rings is 2. The maximum absolute atomic E-state index is 11.9. The van der Waals surface area contributed by atoms with Gasteiger partial charge in [-0.05, 0) is 64.6 Å². The molecule has 2 heterocycles. The molecule has 7 nitrogen and oxygen atoms in total. The van der Waals surface area contributed by atoms with Crippen LogP contribution >= 0.6 is 24.0 Å². The molecule has 160 valence electrons. The summed E-state index contributed by atoms with van der Waals surface area (Å²) in [5, 5.41) is 6.89. The van der Waals surface area contributed by atoms with E-state index in [9.17, 15) is 8.42 Å². The first-order valence-corrected chi connectivity index (χ1v) is 11.8. The van der Waals surface area contributed by atoms with Crippen molar-refractivity contribution >= 4 is 40.0 Å². The van der Waals surface area contributed by atoms with Gasteiger partial charge < -0.3 is 15.5 Å². The van der Waals surface area contributed by atoms with Crippen LogP contribution in [0.5, 0.6) is 0 Å². The lowest BCUT2D eigenvalue weighted by molar-refractivity contribution is 0.187. The lowest BCUT2D eigenvalue weighted by Crippen LogP contribution is -2.50. The van der Waals surface area contributed by atoms with Gasteiger partial charge in [0.2, 0.25) is 10.0 Å². The standard InChI is InChI=1S/C18H37N5O2S.HI/c1-4-22-12-7-16(8-13-22)6-11-20-18(19-3)21-17-9-14-23(15-10-17)26(24,25)5-2;/h16-17H,4-15H2,1-3H3,(H2,19,20,21);1H. The zero-order valence-corrected chi connectivity index (χ0v) is 20.3. The van der Waals surface area contributed by atoms with Crippen molar-refractivity contribution in [2.24, 2.45) is 10.9 Å². The number of hydrogen-bond donors (Lipinski definition) is 2. The summed E-state index contributed by atoms with van der Waals surface area (Å²) in [4.78, 5) is 6.85. The van der Waals surface area contributed by atoms with Gasteiger partial charge in [-0.3, -0.25) is 4.99 Å². The topological polar surface area (TPSA) is 77.0 Å². The first-order chi connectivity index (χ1) is 12.5. The van der Waals surface area contributed by atoms with E-state index in [4.69, 9.17) is 0 Å². The second-order valence-electron chi connectivity index (χ2n) is 7.38. The minimum absolute atomic E-state index is 0. The SMILES string of the molecule is CCN1CCC(CCNC(=NC)NC2CCN(S(=O)(=O)CC)CC2)CC1.I. The Morgan fingerprint density at radius 2 is 1.70 bits per heavy atom. The largest absolute Gasteiger partial charge is 0.356 e. The highest BCUT2D eigenvalue weighted by Gasteiger charge is 2.27. The number of likely N-dealkylation sites (tertiary alicyclic amines) is 1. The Kier molecular flexibility index (Phi) is 11.5. The summed E-state index contributed by atoms with van der Waals surface area (Å²) < 4.78 is 25.5. The van der Waals surface area contributed by atoms with Gasteiger partial charge in [-0.2, -0.15) is 0 Å². The molecule has 0 aromatic carbocycles. The molecule has 0 aliphatic carbocycles. The molecule has 0 spiro atoms. The van der Waals surface area contributed by atoms with Crippen molar-refractivity contribution in [2.75, 3.05) is 52.1 Å². The minimum atomic E-state index is -3.06. The zero-order valence-electron chi connectivity index (χ0n) is 17.1. The highest BCUT2D eigenvalue weighted by Crippen LogP contribution is 2.19. The molecule has 2 N–H and O–H groups in total. The average Bonchev–Trinajstić information content (AvgIpc) is 2.68. The molecule has 2 aliphatic rings. The zero-order chi connectivity index (χ0) is 19.0. The summed E-state index contributed by atoms with van der Waals surface area (Å²) in [6.07, 6.45) is 5.44. The van der Waals surface area contributed by atoms with Crippen LogP contribution in [0.2, 0.25) is 0 Å². The highest BCUT2D eigenvalue weighted by molar-refractivity contribution is 14.0. The number of hydrogen-bond acceptors (Lipinski definition) is 4. The third kappa shape index (κ3) is 8.02. The Bertz CT molecular complexity index is 542. The van der Waals surface area contributed by atoms with E-state index in [0.29, 0.717) is 13.1 Å². The summed E-state index contributed by atoms with van der Waals surface area (Å²) in [6.45, 7) is 9.71. The van der Waals surface area contributed by atoms with Gasteiger partial charge in [-0.1, -0.05) is 6.92 Å². The summed E-state index contributed by atoms with van der Waals surface area (Å²) in [6, 6.07) is 0.289. The lowest BCUT2D eigenvalue weighted by Gasteiger charge is -2.32. The average molecular weight is 516 g/mol. The second kappa shape index (κ2) is 12.4. The Morgan fingerprint density at radius 3 is 2.22 bits per heavy atom. The summed E-state index contributed by atoms with van der Waals surface area (Å²) in [5.41, 5.74) is 0. The van der Waals surface area contributed by atoms with Gasteiger partial charge in [0.25, 0.3) is 0 Å². The van der Waals surface area contributed by atoms with Crippen molar-refractivity contribution in [3.05, 3.63) is 0 Å². The predicted octanol–water partition coefficient (Wildman–Crippen LogP) is 1.71. The predicted molar refractivity (Wildman–Crippen MR) is 123 cm³/mol. The van der Waals surface area contributed by atoms with Crippen molar-refractivity contribution in [1.82, 2.24) is 19.8 Å². The molecule has 0 amide bonds. The minimum Gasteiger partial charge on any atom is -0.356 e. The monoisotopic (exact) mass is 515 g/mol. The molecular formula is C18H38IN5O2S. The first kappa shape index (κ1) is 24.9. The maximum atomic E-state index is 11.9. The van der Waals surface area contributed by atoms with Crippen molar-refractivity contribution in [3.8, 4) is 0 Å². The van der Waals surface area contributed by atoms with E-state index in [1.165, 1.54) is 38.9 Å². The summed E-state index contributed by atoms with van der Waals surface area (Å²) in [7, 11) is -1.26. The van der Waals surface area contributed by atoms with E-state index in [1.807, 2.05) is 0 Å². The quantitative estimate of drug-likeness (QED) is 0.307. The van der Waals surface area contributed by atoms with Crippen LogP contribution in [0, 0.1) is 5.92 Å². The Labute approximate surface area is 182 Å². The van der Waals surface area contributed by atoms with Crippen molar-refractivity contribution in [1.29, 1.82) is 0 Å². The van der Waals surface area contributed by atoms with E-state index in [1.54, 1.807) is 18.3 Å². The number of sulfonamides is 1. The van der Waals surface area contributed by atoms with Gasteiger partial charge in [0.05, 0.1) is 5.75 Å². The number of guanidine groups is 1. The van der Waals surface area contributed by atoms with Gasteiger partial charge in [0, 0.05) is 32.7 Å². The third-order valence-electron chi connectivity index (χ3n) is 5.78. The van der Waals surface area contributed by atoms with Gasteiger partial charge in [-0.15, -0.1) is 24.0 Å². The molecule has 0 bridgehead atoms. The van der Waals surface area contributed by atoms with E-state index in [2.05, 4.69) is 27.4 Å². The van der Waals surface area contributed by atoms with Crippen molar-refractivity contribution in [2.45, 2.75) is 52.0 Å². The molecule has 2 aliphatic heterocycles. The Hall–Kier alpha value is -0.130. The van der Waals surface area contributed by atoms with Crippen molar-refractivity contribution < 1.29 is 8.42 Å².